The molecule has 2 aromatic carbocycles. The number of nitrogens with one attached hydrogen (secondary N) is 3. The number of nitrogens with two attached hydrogens (primary N) is 1. The molecule has 42 heavy (non-hydrogen) atoms. The third-order valence-electron chi connectivity index (χ3n) is 7.54. The van der Waals surface area contributed by atoms with E-state index in [2.05, 4.69) is 60.9 Å². The fraction of sp³-hybridized carbons (Fsp3) is 0.469. The van der Waals surface area contributed by atoms with Crippen LogP contribution in [-0.2, 0) is 14.9 Å². The van der Waals surface area contributed by atoms with E-state index in [1.165, 1.54) is 0 Å². The number of carbonyl (C=O) groups is 2. The minimum atomic E-state index is -0.690. The van der Waals surface area contributed by atoms with E-state index in [9.17, 15) is 9.59 Å². The molecule has 0 saturated carbocycles. The summed E-state index contributed by atoms with van der Waals surface area (Å²) >= 11 is 0. The Hall–Kier alpha value is -3.73. The van der Waals surface area contributed by atoms with Crippen molar-refractivity contribution >= 4 is 18.3 Å². The van der Waals surface area contributed by atoms with Gasteiger partial charge in [-0.2, -0.15) is 0 Å². The normalized spacial score (nSPS) is 13.5. The minimum Gasteiger partial charge on any atom is -0.414 e. The number of amides is 1. The Balaban J connectivity index is 2.20. The van der Waals surface area contributed by atoms with E-state index in [1.807, 2.05) is 56.4 Å². The standard InChI is InChI=1S/C32H49N7O3/c1-7-29(42-31(41)38(5)21-22-39(6)36-28(24-40)19-14-20-35-30(33)34)32(23-25(2)37(3)4,26-15-10-8-11-16-26)27-17-12-9-13-18-27/h7-13,15-18,24-25,28,36H,14,19-23H2,1-6H3,(H4,33,34,35)/b29-7-/t25?,28-/m0/s1. The fourth-order valence-corrected chi connectivity index (χ4v) is 4.87. The van der Waals surface area contributed by atoms with Gasteiger partial charge in [0.2, 0.25) is 0 Å². The van der Waals surface area contributed by atoms with Gasteiger partial charge < -0.3 is 30.4 Å². The number of allylic oxidation sites excluding steroid dienone is 2. The van der Waals surface area contributed by atoms with Crippen molar-refractivity contribution in [3.63, 3.8) is 0 Å². The lowest BCUT2D eigenvalue weighted by Crippen LogP contribution is -2.47. The molecule has 0 aliphatic carbocycles. The lowest BCUT2D eigenvalue weighted by molar-refractivity contribution is -0.110. The summed E-state index contributed by atoms with van der Waals surface area (Å²) in [5.41, 5.74) is 9.87. The number of benzene rings is 2. The van der Waals surface area contributed by atoms with Crippen LogP contribution in [0.2, 0.25) is 0 Å². The van der Waals surface area contributed by atoms with Crippen molar-refractivity contribution in [2.45, 2.75) is 50.6 Å². The van der Waals surface area contributed by atoms with Crippen molar-refractivity contribution in [3.05, 3.63) is 83.6 Å². The van der Waals surface area contributed by atoms with Crippen molar-refractivity contribution in [2.75, 3.05) is 47.8 Å². The van der Waals surface area contributed by atoms with Crippen LogP contribution < -0.4 is 16.5 Å². The first kappa shape index (κ1) is 34.5. The van der Waals surface area contributed by atoms with Crippen LogP contribution in [0.15, 0.2) is 72.5 Å². The van der Waals surface area contributed by atoms with E-state index in [4.69, 9.17) is 15.9 Å². The Morgan fingerprint density at radius 1 is 1.02 bits per heavy atom. The molecule has 0 spiro atoms. The zero-order chi connectivity index (χ0) is 31.1. The molecule has 2 atom stereocenters. The summed E-state index contributed by atoms with van der Waals surface area (Å²) in [6.07, 6.45) is 4.28. The van der Waals surface area contributed by atoms with Crippen molar-refractivity contribution in [2.24, 2.45) is 5.73 Å². The summed E-state index contributed by atoms with van der Waals surface area (Å²) in [7, 11) is 7.66. The lowest BCUT2D eigenvalue weighted by atomic mass is 9.68. The molecule has 230 valence electrons. The Bertz CT molecular complexity index is 1100. The van der Waals surface area contributed by atoms with E-state index < -0.39 is 11.5 Å². The largest absolute Gasteiger partial charge is 0.414 e. The second kappa shape index (κ2) is 17.3. The van der Waals surface area contributed by atoms with Crippen molar-refractivity contribution in [1.29, 1.82) is 5.41 Å². The topological polar surface area (TPSA) is 127 Å². The van der Waals surface area contributed by atoms with Gasteiger partial charge in [-0.25, -0.2) is 15.2 Å². The smallest absolute Gasteiger partial charge is 0.414 e. The maximum absolute atomic E-state index is 13.5. The van der Waals surface area contributed by atoms with Gasteiger partial charge in [0.1, 0.15) is 12.0 Å². The number of likely N-dealkylation sites (N-methyl/N-ethyl adjacent to an activating group) is 2. The van der Waals surface area contributed by atoms with Crippen LogP contribution in [0.4, 0.5) is 4.79 Å². The molecule has 1 unspecified atom stereocenters. The highest BCUT2D eigenvalue weighted by Gasteiger charge is 2.42. The van der Waals surface area contributed by atoms with E-state index in [1.54, 1.807) is 17.0 Å². The maximum Gasteiger partial charge on any atom is 0.414 e. The first-order valence-corrected chi connectivity index (χ1v) is 14.4. The summed E-state index contributed by atoms with van der Waals surface area (Å²) in [6.45, 7) is 5.47. The van der Waals surface area contributed by atoms with Crippen LogP contribution in [0.1, 0.15) is 44.2 Å². The number of aldehydes is 1. The summed E-state index contributed by atoms with van der Waals surface area (Å²) in [6, 6.07) is 20.2. The Morgan fingerprint density at radius 2 is 1.60 bits per heavy atom. The molecular weight excluding hydrogens is 530 g/mol. The van der Waals surface area contributed by atoms with Gasteiger partial charge in [-0.05, 0) is 64.4 Å². The van der Waals surface area contributed by atoms with E-state index >= 15 is 0 Å². The van der Waals surface area contributed by atoms with Crippen LogP contribution in [0.3, 0.4) is 0 Å². The van der Waals surface area contributed by atoms with Gasteiger partial charge in [0.05, 0.1) is 11.5 Å². The second-order valence-electron chi connectivity index (χ2n) is 10.9. The molecule has 0 fully saturated rings. The summed E-state index contributed by atoms with van der Waals surface area (Å²) < 4.78 is 6.24. The highest BCUT2D eigenvalue weighted by atomic mass is 16.6. The van der Waals surface area contributed by atoms with Crippen LogP contribution in [0.25, 0.3) is 0 Å². The van der Waals surface area contributed by atoms with Crippen molar-refractivity contribution in [1.82, 2.24) is 25.6 Å². The van der Waals surface area contributed by atoms with Crippen molar-refractivity contribution in [3.8, 4) is 0 Å². The zero-order valence-corrected chi connectivity index (χ0v) is 26.0. The molecule has 0 aromatic heterocycles. The average molecular weight is 580 g/mol. The predicted octanol–water partition coefficient (Wildman–Crippen LogP) is 3.55. The van der Waals surface area contributed by atoms with Crippen LogP contribution in [-0.4, -0.2) is 93.1 Å². The number of hydrogen-bond acceptors (Lipinski definition) is 7. The number of hydrogen-bond donors (Lipinski definition) is 4. The zero-order valence-electron chi connectivity index (χ0n) is 26.0. The highest BCUT2D eigenvalue weighted by molar-refractivity contribution is 5.74. The molecule has 10 heteroatoms. The number of nitrogens with zero attached hydrogens (tertiary/aromatic N) is 3. The van der Waals surface area contributed by atoms with E-state index in [0.717, 1.165) is 17.4 Å². The monoisotopic (exact) mass is 579 g/mol. The van der Waals surface area contributed by atoms with Gasteiger partial charge in [0, 0.05) is 39.8 Å². The van der Waals surface area contributed by atoms with Crippen LogP contribution in [0.5, 0.6) is 0 Å². The molecule has 0 saturated heterocycles. The first-order chi connectivity index (χ1) is 20.0. The minimum absolute atomic E-state index is 0.0873. The lowest BCUT2D eigenvalue weighted by Gasteiger charge is -2.40. The molecule has 0 radical (unpaired) electrons. The van der Waals surface area contributed by atoms with Gasteiger partial charge in [-0.3, -0.25) is 5.41 Å². The molecule has 10 nitrogen and oxygen atoms in total. The average Bonchev–Trinajstić information content (AvgIpc) is 2.99. The molecular formula is C32H49N7O3. The molecule has 0 aliphatic rings. The number of carbonyl (C=O) groups excluding carboxylic acids is 2. The Labute approximate surface area is 251 Å². The quantitative estimate of drug-likeness (QED) is 0.0560. The maximum atomic E-state index is 13.5. The summed E-state index contributed by atoms with van der Waals surface area (Å²) in [5, 5.41) is 11.8. The number of ether oxygens (including phenoxy) is 1. The molecule has 0 heterocycles. The molecule has 1 amide bonds. The van der Waals surface area contributed by atoms with E-state index in [0.29, 0.717) is 44.7 Å². The number of guanidine groups is 1. The van der Waals surface area contributed by atoms with Crippen molar-refractivity contribution < 1.29 is 14.3 Å². The fourth-order valence-electron chi connectivity index (χ4n) is 4.87. The Kier molecular flexibility index (Phi) is 14.2. The predicted molar refractivity (Wildman–Crippen MR) is 169 cm³/mol. The SMILES string of the molecule is C/C=C(\OC(=O)N(C)CCN(C)N[C@H](C=O)CCCNC(=N)N)C(CC(C)N(C)C)(c1ccccc1)c1ccccc1. The number of hydrazine groups is 1. The molecule has 2 aromatic rings. The summed E-state index contributed by atoms with van der Waals surface area (Å²) in [5.74, 6) is 0.493. The van der Waals surface area contributed by atoms with Crippen LogP contribution >= 0.6 is 0 Å². The molecule has 5 N–H and O–H groups in total. The molecule has 0 bridgehead atoms. The second-order valence-corrected chi connectivity index (χ2v) is 10.9. The third-order valence-corrected chi connectivity index (χ3v) is 7.54. The highest BCUT2D eigenvalue weighted by Crippen LogP contribution is 2.44. The van der Waals surface area contributed by atoms with Gasteiger partial charge in [-0.1, -0.05) is 60.7 Å². The Morgan fingerprint density at radius 3 is 2.07 bits per heavy atom. The van der Waals surface area contributed by atoms with Gasteiger partial charge in [-0.15, -0.1) is 0 Å². The molecule has 0 aliphatic heterocycles. The van der Waals surface area contributed by atoms with Gasteiger partial charge in [0.15, 0.2) is 5.96 Å². The number of rotatable bonds is 17. The first-order valence-electron chi connectivity index (χ1n) is 14.4. The van der Waals surface area contributed by atoms with Gasteiger partial charge in [0.25, 0.3) is 0 Å². The van der Waals surface area contributed by atoms with E-state index in [-0.39, 0.29) is 18.0 Å². The summed E-state index contributed by atoms with van der Waals surface area (Å²) in [4.78, 5) is 28.8. The van der Waals surface area contributed by atoms with Crippen LogP contribution in [0, 0.1) is 5.41 Å². The molecule has 2 rings (SSSR count). The van der Waals surface area contributed by atoms with Gasteiger partial charge >= 0.3 is 6.09 Å². The third kappa shape index (κ3) is 9.97.